The van der Waals surface area contributed by atoms with Crippen LogP contribution in [0.1, 0.15) is 68.2 Å². The number of sulfone groups is 1. The molecule has 1 aromatic rings. The number of hydrogen-bond acceptors (Lipinski definition) is 7. The van der Waals surface area contributed by atoms with Crippen molar-refractivity contribution in [2.24, 2.45) is 11.8 Å². The van der Waals surface area contributed by atoms with Gasteiger partial charge in [0.25, 0.3) is 0 Å². The maximum atomic E-state index is 13.2. The van der Waals surface area contributed by atoms with Gasteiger partial charge in [0.2, 0.25) is 21.7 Å². The molecule has 208 valence electrons. The van der Waals surface area contributed by atoms with E-state index < -0.39 is 45.4 Å². The van der Waals surface area contributed by atoms with Crippen LogP contribution < -0.4 is 21.5 Å². The molecule has 0 saturated heterocycles. The van der Waals surface area contributed by atoms with Crippen LogP contribution in [0.3, 0.4) is 0 Å². The molecule has 11 heteroatoms. The van der Waals surface area contributed by atoms with Gasteiger partial charge in [-0.1, -0.05) is 45.9 Å². The molecule has 0 aliphatic heterocycles. The lowest BCUT2D eigenvalue weighted by molar-refractivity contribution is -0.130. The Hall–Kier alpha value is -2.92. The summed E-state index contributed by atoms with van der Waals surface area (Å²) in [5.41, 5.74) is 4.27. The van der Waals surface area contributed by atoms with Crippen LogP contribution in [0, 0.1) is 11.8 Å². The standard InChI is InChI=1S/C26H42N4O6S/c1-17(2)13-12-16-21(37(34,35)20-14-10-9-11-15-20)28-23(31)19(5)27-24(32)22(18(3)4)29-30-25(33)36-26(6,7)8/h9-11,14-19,22,29H,12-13H2,1-8H3,(H,27,32)(H,28,31)(H,30,33)/t19-,22-/m0/s1. The van der Waals surface area contributed by atoms with E-state index in [-0.39, 0.29) is 15.8 Å². The number of carbonyl (C=O) groups excluding carboxylic acids is 3. The second-order valence-electron chi connectivity index (χ2n) is 10.6. The summed E-state index contributed by atoms with van der Waals surface area (Å²) >= 11 is 0. The maximum absolute atomic E-state index is 13.2. The summed E-state index contributed by atoms with van der Waals surface area (Å²) in [5, 5.41) is 4.84. The molecule has 4 N–H and O–H groups in total. The molecular weight excluding hydrogens is 496 g/mol. The van der Waals surface area contributed by atoms with Crippen molar-refractivity contribution in [1.82, 2.24) is 21.5 Å². The molecule has 0 bridgehead atoms. The van der Waals surface area contributed by atoms with Crippen LogP contribution in [-0.2, 0) is 24.2 Å². The first-order chi connectivity index (χ1) is 17.0. The predicted molar refractivity (Wildman–Crippen MR) is 143 cm³/mol. The molecule has 37 heavy (non-hydrogen) atoms. The highest BCUT2D eigenvalue weighted by Gasteiger charge is 2.29. The van der Waals surface area contributed by atoms with Crippen molar-refractivity contribution in [3.8, 4) is 0 Å². The summed E-state index contributed by atoms with van der Waals surface area (Å²) in [6.07, 6.45) is 1.94. The van der Waals surface area contributed by atoms with Crippen molar-refractivity contribution >= 4 is 27.7 Å². The lowest BCUT2D eigenvalue weighted by Crippen LogP contribution is -2.57. The van der Waals surface area contributed by atoms with Gasteiger partial charge >= 0.3 is 6.09 Å². The minimum absolute atomic E-state index is 0.0556. The van der Waals surface area contributed by atoms with Gasteiger partial charge in [0, 0.05) is 0 Å². The monoisotopic (exact) mass is 538 g/mol. The number of nitrogens with one attached hydrogen (secondary N) is 4. The maximum Gasteiger partial charge on any atom is 0.422 e. The largest absolute Gasteiger partial charge is 0.443 e. The summed E-state index contributed by atoms with van der Waals surface area (Å²) in [6.45, 7) is 14.2. The van der Waals surface area contributed by atoms with Crippen LogP contribution in [0.4, 0.5) is 4.79 Å². The summed E-state index contributed by atoms with van der Waals surface area (Å²) < 4.78 is 31.6. The first-order valence-corrected chi connectivity index (χ1v) is 13.9. The van der Waals surface area contributed by atoms with Gasteiger partial charge in [-0.05, 0) is 70.6 Å². The molecule has 0 aliphatic rings. The Kier molecular flexibility index (Phi) is 12.3. The number of benzene rings is 1. The van der Waals surface area contributed by atoms with Crippen molar-refractivity contribution in [2.45, 2.75) is 90.8 Å². The number of hydrogen-bond donors (Lipinski definition) is 4. The highest BCUT2D eigenvalue weighted by atomic mass is 32.2. The third-order valence-corrected chi connectivity index (χ3v) is 6.83. The van der Waals surface area contributed by atoms with Gasteiger partial charge in [-0.25, -0.2) is 18.6 Å². The van der Waals surface area contributed by atoms with E-state index in [9.17, 15) is 22.8 Å². The second-order valence-corrected chi connectivity index (χ2v) is 12.5. The molecule has 1 aromatic carbocycles. The SMILES string of the molecule is CC(C)CCC=C(NC(=O)[C@H](C)NC(=O)[C@@H](NNC(=O)OC(C)(C)C)C(C)C)S(=O)(=O)c1ccccc1. The van der Waals surface area contributed by atoms with Gasteiger partial charge in [-0.15, -0.1) is 0 Å². The molecule has 2 atom stereocenters. The summed E-state index contributed by atoms with van der Waals surface area (Å²) in [4.78, 5) is 37.8. The smallest absolute Gasteiger partial charge is 0.422 e. The minimum Gasteiger partial charge on any atom is -0.443 e. The number of allylic oxidation sites excluding steroid dienone is 1. The number of rotatable bonds is 12. The van der Waals surface area contributed by atoms with Crippen LogP contribution >= 0.6 is 0 Å². The molecule has 0 aliphatic carbocycles. The first kappa shape index (κ1) is 32.1. The Balaban J connectivity index is 2.96. The number of ether oxygens (including phenoxy) is 1. The lowest BCUT2D eigenvalue weighted by Gasteiger charge is -2.25. The molecule has 0 radical (unpaired) electrons. The molecule has 1 rings (SSSR count). The van der Waals surface area contributed by atoms with Crippen LogP contribution in [0.15, 0.2) is 46.3 Å². The molecular formula is C26H42N4O6S. The van der Waals surface area contributed by atoms with Gasteiger partial charge in [0.05, 0.1) is 4.90 Å². The number of hydrazine groups is 1. The fourth-order valence-electron chi connectivity index (χ4n) is 3.08. The third-order valence-electron chi connectivity index (χ3n) is 5.09. The van der Waals surface area contributed by atoms with Gasteiger partial charge < -0.3 is 15.4 Å². The lowest BCUT2D eigenvalue weighted by atomic mass is 10.0. The van der Waals surface area contributed by atoms with Crippen molar-refractivity contribution in [3.05, 3.63) is 41.4 Å². The van der Waals surface area contributed by atoms with Crippen LogP contribution in [0.2, 0.25) is 0 Å². The van der Waals surface area contributed by atoms with E-state index in [1.165, 1.54) is 25.1 Å². The Morgan fingerprint density at radius 3 is 2.08 bits per heavy atom. The second kappa shape index (κ2) is 14.1. The van der Waals surface area contributed by atoms with E-state index in [2.05, 4.69) is 21.5 Å². The van der Waals surface area contributed by atoms with Gasteiger partial charge in [-0.2, -0.15) is 0 Å². The Morgan fingerprint density at radius 1 is 0.973 bits per heavy atom. The van der Waals surface area contributed by atoms with E-state index in [1.807, 2.05) is 13.8 Å². The molecule has 0 fully saturated rings. The zero-order valence-electron chi connectivity index (χ0n) is 23.0. The molecule has 0 saturated carbocycles. The Labute approximate surface area is 220 Å². The number of carbonyl (C=O) groups is 3. The summed E-state index contributed by atoms with van der Waals surface area (Å²) in [6, 6.07) is 5.89. The Morgan fingerprint density at radius 2 is 1.57 bits per heavy atom. The Bertz CT molecular complexity index is 1050. The normalized spacial score (nSPS) is 14.2. The quantitative estimate of drug-likeness (QED) is 0.299. The van der Waals surface area contributed by atoms with E-state index in [1.54, 1.807) is 52.8 Å². The predicted octanol–water partition coefficient (Wildman–Crippen LogP) is 3.41. The van der Waals surface area contributed by atoms with E-state index in [0.29, 0.717) is 12.3 Å². The van der Waals surface area contributed by atoms with E-state index >= 15 is 0 Å². The van der Waals surface area contributed by atoms with Crippen molar-refractivity contribution in [3.63, 3.8) is 0 Å². The van der Waals surface area contributed by atoms with Crippen molar-refractivity contribution < 1.29 is 27.5 Å². The molecule has 0 spiro atoms. The average Bonchev–Trinajstić information content (AvgIpc) is 2.77. The van der Waals surface area contributed by atoms with Crippen LogP contribution in [-0.4, -0.2) is 44.0 Å². The van der Waals surface area contributed by atoms with Gasteiger partial charge in [-0.3, -0.25) is 15.0 Å². The van der Waals surface area contributed by atoms with Gasteiger partial charge in [0.1, 0.15) is 22.7 Å². The van der Waals surface area contributed by atoms with Crippen molar-refractivity contribution in [2.75, 3.05) is 0 Å². The first-order valence-electron chi connectivity index (χ1n) is 12.4. The highest BCUT2D eigenvalue weighted by Crippen LogP contribution is 2.19. The minimum atomic E-state index is -3.98. The van der Waals surface area contributed by atoms with E-state index in [4.69, 9.17) is 4.74 Å². The molecule has 3 amide bonds. The third kappa shape index (κ3) is 11.3. The van der Waals surface area contributed by atoms with Crippen molar-refractivity contribution in [1.29, 1.82) is 0 Å². The fraction of sp³-hybridized carbons (Fsp3) is 0.577. The van der Waals surface area contributed by atoms with E-state index in [0.717, 1.165) is 6.42 Å². The zero-order valence-corrected chi connectivity index (χ0v) is 23.9. The molecule has 0 unspecified atom stereocenters. The molecule has 10 nitrogen and oxygen atoms in total. The molecule has 0 heterocycles. The fourth-order valence-corrected chi connectivity index (χ4v) is 4.42. The van der Waals surface area contributed by atoms with Gasteiger partial charge in [0.15, 0.2) is 0 Å². The van der Waals surface area contributed by atoms with Crippen LogP contribution in [0.5, 0.6) is 0 Å². The summed E-state index contributed by atoms with van der Waals surface area (Å²) in [7, 11) is -3.98. The molecule has 0 aromatic heterocycles. The van der Waals surface area contributed by atoms with Crippen LogP contribution in [0.25, 0.3) is 0 Å². The topological polar surface area (TPSA) is 143 Å². The zero-order chi connectivity index (χ0) is 28.4. The average molecular weight is 539 g/mol. The highest BCUT2D eigenvalue weighted by molar-refractivity contribution is 7.95. The number of amides is 3. The summed E-state index contributed by atoms with van der Waals surface area (Å²) in [5.74, 6) is -1.15.